The molecule has 0 aliphatic carbocycles. The molecule has 2 aromatic carbocycles. The lowest BCUT2D eigenvalue weighted by molar-refractivity contribution is -0.384. The lowest BCUT2D eigenvalue weighted by Crippen LogP contribution is -2.32. The summed E-state index contributed by atoms with van der Waals surface area (Å²) in [5.74, 6) is -2.76. The number of nitrogens with zero attached hydrogens (tertiary/aromatic N) is 2. The highest BCUT2D eigenvalue weighted by atomic mass is 16.6. The number of imide groups is 1. The predicted octanol–water partition coefficient (Wildman–Crippen LogP) is 2.33. The fourth-order valence-corrected chi connectivity index (χ4v) is 2.76. The highest BCUT2D eigenvalue weighted by Gasteiger charge is 2.41. The number of non-ortho nitro benzene ring substituents is 1. The number of ketones is 1. The van der Waals surface area contributed by atoms with Crippen molar-refractivity contribution in [1.29, 1.82) is 0 Å². The van der Waals surface area contributed by atoms with Crippen LogP contribution in [0.3, 0.4) is 0 Å². The van der Waals surface area contributed by atoms with E-state index in [1.165, 1.54) is 24.3 Å². The molecule has 7 nitrogen and oxygen atoms in total. The molecule has 1 aliphatic heterocycles. The lowest BCUT2D eigenvalue weighted by atomic mass is 9.97. The SMILES string of the molecule is O=C1C(=O)N(C(=O)/C=C/c2cccc([N+](=O)[O-])c2)C[C@@H]1c1ccccc1. The van der Waals surface area contributed by atoms with E-state index in [0.717, 1.165) is 11.0 Å². The van der Waals surface area contributed by atoms with Crippen LogP contribution in [0.2, 0.25) is 0 Å². The quantitative estimate of drug-likeness (QED) is 0.365. The predicted molar refractivity (Wildman–Crippen MR) is 93.0 cm³/mol. The molecular weight excluding hydrogens is 336 g/mol. The summed E-state index contributed by atoms with van der Waals surface area (Å²) in [6, 6.07) is 14.6. The van der Waals surface area contributed by atoms with Crippen LogP contribution in [0, 0.1) is 10.1 Å². The molecule has 1 aliphatic rings. The molecule has 2 aromatic rings. The second kappa shape index (κ2) is 7.10. The Hall–Kier alpha value is -3.61. The van der Waals surface area contributed by atoms with Crippen molar-refractivity contribution in [2.24, 2.45) is 0 Å². The number of Topliss-reactive ketones (excluding diaryl/α,β-unsaturated/α-hetero) is 1. The fraction of sp³-hybridized carbons (Fsp3) is 0.105. The number of amides is 2. The molecule has 0 radical (unpaired) electrons. The maximum atomic E-state index is 12.3. The Morgan fingerprint density at radius 3 is 2.54 bits per heavy atom. The van der Waals surface area contributed by atoms with Crippen LogP contribution in [0.25, 0.3) is 6.08 Å². The van der Waals surface area contributed by atoms with E-state index in [2.05, 4.69) is 0 Å². The maximum absolute atomic E-state index is 12.3. The minimum Gasteiger partial charge on any atom is -0.288 e. The van der Waals surface area contributed by atoms with Crippen LogP contribution in [0.5, 0.6) is 0 Å². The molecule has 7 heteroatoms. The lowest BCUT2D eigenvalue weighted by Gasteiger charge is -2.11. The molecule has 1 atom stereocenters. The zero-order valence-electron chi connectivity index (χ0n) is 13.6. The Kier molecular flexibility index (Phi) is 4.70. The topological polar surface area (TPSA) is 97.6 Å². The zero-order valence-corrected chi connectivity index (χ0v) is 13.6. The molecule has 1 saturated heterocycles. The summed E-state index contributed by atoms with van der Waals surface area (Å²) < 4.78 is 0. The van der Waals surface area contributed by atoms with Gasteiger partial charge in [0.05, 0.1) is 10.8 Å². The Balaban J connectivity index is 1.76. The van der Waals surface area contributed by atoms with Crippen molar-refractivity contribution >= 4 is 29.4 Å². The summed E-state index contributed by atoms with van der Waals surface area (Å²) in [7, 11) is 0. The van der Waals surface area contributed by atoms with Crippen molar-refractivity contribution in [3.8, 4) is 0 Å². The number of benzene rings is 2. The maximum Gasteiger partial charge on any atom is 0.297 e. The molecule has 0 N–H and O–H groups in total. The molecule has 1 fully saturated rings. The van der Waals surface area contributed by atoms with E-state index < -0.39 is 28.4 Å². The molecule has 1 heterocycles. The third-order valence-electron chi connectivity index (χ3n) is 4.10. The van der Waals surface area contributed by atoms with Gasteiger partial charge in [-0.1, -0.05) is 42.5 Å². The molecule has 0 saturated carbocycles. The van der Waals surface area contributed by atoms with E-state index in [4.69, 9.17) is 0 Å². The number of likely N-dealkylation sites (tertiary alicyclic amines) is 1. The first-order valence-corrected chi connectivity index (χ1v) is 7.84. The minimum atomic E-state index is -0.840. The third kappa shape index (κ3) is 3.41. The summed E-state index contributed by atoms with van der Waals surface area (Å²) in [5, 5.41) is 10.8. The van der Waals surface area contributed by atoms with Crippen LogP contribution in [0.4, 0.5) is 5.69 Å². The van der Waals surface area contributed by atoms with E-state index in [-0.39, 0.29) is 12.2 Å². The number of nitro benzene ring substituents is 1. The summed E-state index contributed by atoms with van der Waals surface area (Å²) >= 11 is 0. The smallest absolute Gasteiger partial charge is 0.288 e. The van der Waals surface area contributed by atoms with Gasteiger partial charge in [0.15, 0.2) is 0 Å². The summed E-state index contributed by atoms with van der Waals surface area (Å²) in [4.78, 5) is 47.7. The minimum absolute atomic E-state index is 0.0141. The first kappa shape index (κ1) is 17.2. The van der Waals surface area contributed by atoms with E-state index in [1.54, 1.807) is 36.4 Å². The van der Waals surface area contributed by atoms with Crippen molar-refractivity contribution in [3.63, 3.8) is 0 Å². The highest BCUT2D eigenvalue weighted by Crippen LogP contribution is 2.25. The number of hydrogen-bond acceptors (Lipinski definition) is 5. The zero-order chi connectivity index (χ0) is 18.7. The van der Waals surface area contributed by atoms with Gasteiger partial charge in [-0.05, 0) is 17.2 Å². The molecule has 2 amide bonds. The normalized spacial score (nSPS) is 17.1. The molecule has 0 aromatic heterocycles. The molecular formula is C19H14N2O5. The van der Waals surface area contributed by atoms with E-state index in [0.29, 0.717) is 11.1 Å². The van der Waals surface area contributed by atoms with Gasteiger partial charge in [0.2, 0.25) is 5.78 Å². The Morgan fingerprint density at radius 1 is 1.12 bits per heavy atom. The molecule has 3 rings (SSSR count). The summed E-state index contributed by atoms with van der Waals surface area (Å²) in [6.45, 7) is -0.0141. The second-order valence-electron chi connectivity index (χ2n) is 5.77. The van der Waals surface area contributed by atoms with Crippen LogP contribution in [-0.2, 0) is 14.4 Å². The van der Waals surface area contributed by atoms with Gasteiger partial charge < -0.3 is 0 Å². The van der Waals surface area contributed by atoms with Gasteiger partial charge in [-0.2, -0.15) is 0 Å². The first-order valence-electron chi connectivity index (χ1n) is 7.84. The van der Waals surface area contributed by atoms with Gasteiger partial charge in [0.1, 0.15) is 0 Å². The average Bonchev–Trinajstić information content (AvgIpc) is 2.96. The first-order chi connectivity index (χ1) is 12.5. The number of hydrogen-bond donors (Lipinski definition) is 0. The largest absolute Gasteiger partial charge is 0.297 e. The van der Waals surface area contributed by atoms with Gasteiger partial charge >= 0.3 is 0 Å². The Morgan fingerprint density at radius 2 is 1.85 bits per heavy atom. The van der Waals surface area contributed by atoms with Crippen molar-refractivity contribution in [3.05, 3.63) is 81.9 Å². The van der Waals surface area contributed by atoms with Crippen molar-refractivity contribution in [1.82, 2.24) is 4.90 Å². The average molecular weight is 350 g/mol. The van der Waals surface area contributed by atoms with Gasteiger partial charge in [0, 0.05) is 24.8 Å². The van der Waals surface area contributed by atoms with Crippen molar-refractivity contribution < 1.29 is 19.3 Å². The van der Waals surface area contributed by atoms with Crippen LogP contribution in [0.15, 0.2) is 60.7 Å². The molecule has 0 bridgehead atoms. The number of nitro groups is 1. The van der Waals surface area contributed by atoms with E-state index in [9.17, 15) is 24.5 Å². The Bertz CT molecular complexity index is 921. The van der Waals surface area contributed by atoms with Gasteiger partial charge in [-0.3, -0.25) is 29.4 Å². The standard InChI is InChI=1S/C19H14N2O5/c22-17(10-9-13-5-4-8-15(11-13)21(25)26)20-12-16(18(23)19(20)24)14-6-2-1-3-7-14/h1-11,16H,12H2/b10-9+/t16-/m1/s1. The molecule has 26 heavy (non-hydrogen) atoms. The number of rotatable bonds is 4. The van der Waals surface area contributed by atoms with Crippen LogP contribution < -0.4 is 0 Å². The van der Waals surface area contributed by atoms with Crippen LogP contribution in [-0.4, -0.2) is 34.0 Å². The molecule has 130 valence electrons. The number of carbonyl (C=O) groups excluding carboxylic acids is 3. The summed E-state index contributed by atoms with van der Waals surface area (Å²) in [6.07, 6.45) is 2.51. The van der Waals surface area contributed by atoms with E-state index >= 15 is 0 Å². The monoisotopic (exact) mass is 350 g/mol. The van der Waals surface area contributed by atoms with Crippen molar-refractivity contribution in [2.45, 2.75) is 5.92 Å². The third-order valence-corrected chi connectivity index (χ3v) is 4.10. The Labute approximate surface area is 148 Å². The molecule has 0 unspecified atom stereocenters. The van der Waals surface area contributed by atoms with E-state index in [1.807, 2.05) is 0 Å². The number of carbonyl (C=O) groups is 3. The van der Waals surface area contributed by atoms with Gasteiger partial charge in [-0.25, -0.2) is 0 Å². The van der Waals surface area contributed by atoms with Crippen LogP contribution in [0.1, 0.15) is 17.0 Å². The van der Waals surface area contributed by atoms with Gasteiger partial charge in [0.25, 0.3) is 17.5 Å². The highest BCUT2D eigenvalue weighted by molar-refractivity contribution is 6.43. The fourth-order valence-electron chi connectivity index (χ4n) is 2.76. The summed E-state index contributed by atoms with van der Waals surface area (Å²) in [5.41, 5.74) is 1.03. The molecule has 0 spiro atoms. The van der Waals surface area contributed by atoms with Gasteiger partial charge in [-0.15, -0.1) is 0 Å². The van der Waals surface area contributed by atoms with Crippen LogP contribution >= 0.6 is 0 Å². The van der Waals surface area contributed by atoms with Crippen molar-refractivity contribution in [2.75, 3.05) is 6.54 Å². The second-order valence-corrected chi connectivity index (χ2v) is 5.77.